The van der Waals surface area contributed by atoms with Gasteiger partial charge in [0.1, 0.15) is 5.82 Å². The largest absolute Gasteiger partial charge is 0.421 e. The van der Waals surface area contributed by atoms with Crippen LogP contribution in [-0.4, -0.2) is 32.1 Å². The first kappa shape index (κ1) is 21.6. The summed E-state index contributed by atoms with van der Waals surface area (Å²) in [6.07, 6.45) is 4.23. The van der Waals surface area contributed by atoms with Crippen LogP contribution in [0, 0.1) is 12.8 Å². The summed E-state index contributed by atoms with van der Waals surface area (Å²) in [5, 5.41) is 8.07. The lowest BCUT2D eigenvalue weighted by atomic mass is 9.75. The molecule has 0 aliphatic carbocycles. The Bertz CT molecular complexity index is 1010. The topological polar surface area (TPSA) is 85.0 Å². The standard InChI is InChI=1S/C21H23N5O2.C2H6.H2/c1-12-13(2)26(15(4)27)19-7-6-16(21-25-24-14(3)28-21)10-18(19)17(12)11-20-22-8-5-9-23-20;1-2;/h5-10,12-13,17H,11H2,1-4H3;1-2H3;1H/t12-,13-,17+;;/m0../s1. The van der Waals surface area contributed by atoms with Crippen LogP contribution in [0.1, 0.15) is 59.2 Å². The van der Waals surface area contributed by atoms with E-state index in [4.69, 9.17) is 4.42 Å². The number of carbonyl (C=O) groups excluding carboxylic acids is 1. The van der Waals surface area contributed by atoms with E-state index in [1.165, 1.54) is 0 Å². The molecule has 0 radical (unpaired) electrons. The number of nitrogens with zero attached hydrogens (tertiary/aromatic N) is 5. The van der Waals surface area contributed by atoms with E-state index in [1.54, 1.807) is 26.2 Å². The molecule has 7 heteroatoms. The molecular weight excluding hydrogens is 378 g/mol. The highest BCUT2D eigenvalue weighted by molar-refractivity contribution is 5.94. The third kappa shape index (κ3) is 4.10. The summed E-state index contributed by atoms with van der Waals surface area (Å²) in [4.78, 5) is 23.1. The van der Waals surface area contributed by atoms with Crippen LogP contribution in [0.2, 0.25) is 0 Å². The zero-order valence-electron chi connectivity index (χ0n) is 18.5. The molecule has 0 saturated heterocycles. The number of hydrogen-bond acceptors (Lipinski definition) is 6. The number of benzene rings is 1. The molecule has 0 unspecified atom stereocenters. The van der Waals surface area contributed by atoms with Crippen molar-refractivity contribution in [2.75, 3.05) is 4.90 Å². The van der Waals surface area contributed by atoms with Crippen molar-refractivity contribution < 1.29 is 10.6 Å². The second-order valence-electron chi connectivity index (χ2n) is 7.36. The van der Waals surface area contributed by atoms with Crippen LogP contribution in [0.5, 0.6) is 0 Å². The lowest BCUT2D eigenvalue weighted by Gasteiger charge is -2.43. The van der Waals surface area contributed by atoms with Crippen LogP contribution in [0.15, 0.2) is 41.1 Å². The normalized spacial score (nSPS) is 20.2. The number of hydrogen-bond donors (Lipinski definition) is 0. The fraction of sp³-hybridized carbons (Fsp3) is 0.435. The molecule has 3 atom stereocenters. The maximum absolute atomic E-state index is 12.4. The highest BCUT2D eigenvalue weighted by Gasteiger charge is 2.38. The van der Waals surface area contributed by atoms with E-state index < -0.39 is 0 Å². The van der Waals surface area contributed by atoms with Crippen LogP contribution in [0.3, 0.4) is 0 Å². The maximum Gasteiger partial charge on any atom is 0.247 e. The van der Waals surface area contributed by atoms with Crippen molar-refractivity contribution in [3.8, 4) is 11.5 Å². The summed E-state index contributed by atoms with van der Waals surface area (Å²) < 4.78 is 5.61. The van der Waals surface area contributed by atoms with Crippen molar-refractivity contribution in [1.29, 1.82) is 0 Å². The molecule has 4 rings (SSSR count). The average molecular weight is 410 g/mol. The molecule has 30 heavy (non-hydrogen) atoms. The van der Waals surface area contributed by atoms with Crippen LogP contribution in [-0.2, 0) is 11.2 Å². The number of aromatic nitrogens is 4. The zero-order chi connectivity index (χ0) is 21.8. The number of amides is 1. The Hall–Kier alpha value is -3.09. The van der Waals surface area contributed by atoms with Gasteiger partial charge in [0.15, 0.2) is 0 Å². The van der Waals surface area contributed by atoms with E-state index in [-0.39, 0.29) is 25.2 Å². The third-order valence-electron chi connectivity index (χ3n) is 5.62. The van der Waals surface area contributed by atoms with Crippen molar-refractivity contribution in [3.63, 3.8) is 0 Å². The Morgan fingerprint density at radius 2 is 1.87 bits per heavy atom. The molecule has 0 spiro atoms. The molecule has 0 bridgehead atoms. The summed E-state index contributed by atoms with van der Waals surface area (Å²) in [5.41, 5.74) is 2.87. The molecule has 1 aliphatic rings. The minimum atomic E-state index is 0. The van der Waals surface area contributed by atoms with Crippen molar-refractivity contribution in [2.24, 2.45) is 5.92 Å². The van der Waals surface area contributed by atoms with Gasteiger partial charge < -0.3 is 9.32 Å². The van der Waals surface area contributed by atoms with Gasteiger partial charge in [-0.1, -0.05) is 20.8 Å². The van der Waals surface area contributed by atoms with E-state index in [2.05, 4.69) is 40.1 Å². The highest BCUT2D eigenvalue weighted by Crippen LogP contribution is 2.44. The Morgan fingerprint density at radius 1 is 1.17 bits per heavy atom. The van der Waals surface area contributed by atoms with Gasteiger partial charge in [0.25, 0.3) is 0 Å². The Morgan fingerprint density at radius 3 is 2.47 bits per heavy atom. The number of anilines is 1. The fourth-order valence-corrected chi connectivity index (χ4v) is 4.08. The smallest absolute Gasteiger partial charge is 0.247 e. The fourth-order valence-electron chi connectivity index (χ4n) is 4.08. The third-order valence-corrected chi connectivity index (χ3v) is 5.62. The molecule has 2 aromatic heterocycles. The Kier molecular flexibility index (Phi) is 6.59. The molecule has 1 aromatic carbocycles. The van der Waals surface area contributed by atoms with E-state index in [0.29, 0.717) is 18.2 Å². The van der Waals surface area contributed by atoms with Crippen molar-refractivity contribution in [1.82, 2.24) is 20.2 Å². The average Bonchev–Trinajstić information content (AvgIpc) is 3.19. The van der Waals surface area contributed by atoms with E-state index in [9.17, 15) is 4.79 Å². The molecule has 7 nitrogen and oxygen atoms in total. The lowest BCUT2D eigenvalue weighted by Crippen LogP contribution is -2.47. The van der Waals surface area contributed by atoms with E-state index in [0.717, 1.165) is 22.6 Å². The van der Waals surface area contributed by atoms with Crippen LogP contribution in [0.25, 0.3) is 11.5 Å². The molecule has 1 amide bonds. The summed E-state index contributed by atoms with van der Waals surface area (Å²) in [6, 6.07) is 7.87. The van der Waals surface area contributed by atoms with Crippen LogP contribution in [0.4, 0.5) is 5.69 Å². The minimum absolute atomic E-state index is 0. The van der Waals surface area contributed by atoms with Crippen molar-refractivity contribution in [2.45, 2.75) is 59.9 Å². The second-order valence-corrected chi connectivity index (χ2v) is 7.36. The van der Waals surface area contributed by atoms with E-state index >= 15 is 0 Å². The zero-order valence-corrected chi connectivity index (χ0v) is 18.5. The van der Waals surface area contributed by atoms with Crippen LogP contribution < -0.4 is 4.90 Å². The molecular formula is C23H31N5O2. The summed E-state index contributed by atoms with van der Waals surface area (Å²) in [7, 11) is 0. The van der Waals surface area contributed by atoms with Gasteiger partial charge >= 0.3 is 0 Å². The van der Waals surface area contributed by atoms with Gasteiger partial charge in [0, 0.05) is 51.4 Å². The Labute approximate surface area is 179 Å². The highest BCUT2D eigenvalue weighted by atomic mass is 16.4. The van der Waals surface area contributed by atoms with Gasteiger partial charge in [-0.25, -0.2) is 9.97 Å². The monoisotopic (exact) mass is 409 g/mol. The number of rotatable bonds is 3. The summed E-state index contributed by atoms with van der Waals surface area (Å²) >= 11 is 0. The number of carbonyl (C=O) groups is 1. The molecule has 0 saturated carbocycles. The second kappa shape index (κ2) is 9.15. The quantitative estimate of drug-likeness (QED) is 0.616. The maximum atomic E-state index is 12.4. The Balaban J connectivity index is 0.00000111. The summed E-state index contributed by atoms with van der Waals surface area (Å²) in [6.45, 7) is 11.7. The van der Waals surface area contributed by atoms with Gasteiger partial charge in [0.05, 0.1) is 0 Å². The predicted molar refractivity (Wildman–Crippen MR) is 118 cm³/mol. The van der Waals surface area contributed by atoms with Crippen molar-refractivity contribution in [3.05, 3.63) is 53.9 Å². The number of aryl methyl sites for hydroxylation is 1. The van der Waals surface area contributed by atoms with E-state index in [1.807, 2.05) is 36.9 Å². The van der Waals surface area contributed by atoms with Gasteiger partial charge in [0.2, 0.25) is 17.7 Å². The van der Waals surface area contributed by atoms with Gasteiger partial charge in [-0.05, 0) is 48.6 Å². The van der Waals surface area contributed by atoms with Gasteiger partial charge in [-0.3, -0.25) is 4.79 Å². The van der Waals surface area contributed by atoms with Gasteiger partial charge in [-0.15, -0.1) is 10.2 Å². The van der Waals surface area contributed by atoms with Crippen LogP contribution >= 0.6 is 0 Å². The molecule has 0 N–H and O–H groups in total. The molecule has 1 aliphatic heterocycles. The molecule has 3 heterocycles. The SMILES string of the molecule is CC.CC(=O)N1c2ccc(-c3nnc(C)o3)cc2[C@H](Cc2ncccn2)[C@@H](C)[C@@H]1C.[HH]. The first-order valence-corrected chi connectivity index (χ1v) is 10.5. The summed E-state index contributed by atoms with van der Waals surface area (Å²) in [5.74, 6) is 2.25. The lowest BCUT2D eigenvalue weighted by molar-refractivity contribution is -0.117. The first-order chi connectivity index (χ1) is 14.5. The predicted octanol–water partition coefficient (Wildman–Crippen LogP) is 4.82. The molecule has 160 valence electrons. The first-order valence-electron chi connectivity index (χ1n) is 10.5. The van der Waals surface area contributed by atoms with Crippen molar-refractivity contribution >= 4 is 11.6 Å². The molecule has 3 aromatic rings. The number of fused-ring (bicyclic) bond motifs is 1. The van der Waals surface area contributed by atoms with Gasteiger partial charge in [-0.2, -0.15) is 0 Å². The molecule has 0 fully saturated rings. The minimum Gasteiger partial charge on any atom is -0.421 e.